The van der Waals surface area contributed by atoms with Crippen LogP contribution >= 0.6 is 0 Å². The molecule has 0 amide bonds. The summed E-state index contributed by atoms with van der Waals surface area (Å²) in [7, 11) is 3.18. The van der Waals surface area contributed by atoms with Crippen LogP contribution in [0.2, 0.25) is 0 Å². The SMILES string of the molecule is CCC(C(=O)O)N(C)CC(O)COC. The highest BCUT2D eigenvalue weighted by Crippen LogP contribution is 2.03. The molecule has 0 heterocycles. The summed E-state index contributed by atoms with van der Waals surface area (Å²) in [6.07, 6.45) is -0.121. The van der Waals surface area contributed by atoms with E-state index < -0.39 is 18.1 Å². The number of ether oxygens (including phenoxy) is 1. The van der Waals surface area contributed by atoms with Crippen molar-refractivity contribution in [3.8, 4) is 0 Å². The Balaban J connectivity index is 4.03. The average Bonchev–Trinajstić information content (AvgIpc) is 2.04. The quantitative estimate of drug-likeness (QED) is 0.601. The smallest absolute Gasteiger partial charge is 0.320 e. The lowest BCUT2D eigenvalue weighted by atomic mass is 10.2. The average molecular weight is 205 g/mol. The van der Waals surface area contributed by atoms with Gasteiger partial charge in [-0.3, -0.25) is 9.69 Å². The van der Waals surface area contributed by atoms with Gasteiger partial charge in [0, 0.05) is 13.7 Å². The number of hydrogen-bond donors (Lipinski definition) is 2. The minimum atomic E-state index is -0.861. The molecule has 0 aromatic rings. The van der Waals surface area contributed by atoms with Gasteiger partial charge in [-0.05, 0) is 13.5 Å². The molecular weight excluding hydrogens is 186 g/mol. The molecule has 0 aliphatic carbocycles. The third-order valence-electron chi connectivity index (χ3n) is 2.06. The van der Waals surface area contributed by atoms with Crippen LogP contribution < -0.4 is 0 Å². The van der Waals surface area contributed by atoms with Gasteiger partial charge in [0.25, 0.3) is 0 Å². The number of aliphatic carboxylic acids is 1. The number of hydrogen-bond acceptors (Lipinski definition) is 4. The summed E-state index contributed by atoms with van der Waals surface area (Å²) < 4.78 is 4.75. The van der Waals surface area contributed by atoms with Gasteiger partial charge in [0.2, 0.25) is 0 Å². The van der Waals surface area contributed by atoms with Crippen LogP contribution in [0.15, 0.2) is 0 Å². The summed E-state index contributed by atoms with van der Waals surface area (Å²) >= 11 is 0. The zero-order valence-corrected chi connectivity index (χ0v) is 8.93. The first-order valence-electron chi connectivity index (χ1n) is 4.63. The highest BCUT2D eigenvalue weighted by Gasteiger charge is 2.22. The van der Waals surface area contributed by atoms with Crippen molar-refractivity contribution >= 4 is 5.97 Å². The number of carboxylic acids is 1. The summed E-state index contributed by atoms with van der Waals surface area (Å²) in [5.74, 6) is -0.861. The van der Waals surface area contributed by atoms with E-state index >= 15 is 0 Å². The molecule has 0 saturated heterocycles. The Bertz CT molecular complexity index is 174. The van der Waals surface area contributed by atoms with Crippen molar-refractivity contribution in [2.45, 2.75) is 25.5 Å². The molecule has 2 unspecified atom stereocenters. The van der Waals surface area contributed by atoms with Crippen LogP contribution in [0.4, 0.5) is 0 Å². The molecule has 0 spiro atoms. The molecule has 0 aromatic heterocycles. The highest BCUT2D eigenvalue weighted by molar-refractivity contribution is 5.73. The molecule has 5 nitrogen and oxygen atoms in total. The fraction of sp³-hybridized carbons (Fsp3) is 0.889. The van der Waals surface area contributed by atoms with Gasteiger partial charge in [-0.2, -0.15) is 0 Å². The number of likely N-dealkylation sites (N-methyl/N-ethyl adjacent to an activating group) is 1. The Labute approximate surface area is 84.3 Å². The molecule has 0 bridgehead atoms. The molecule has 0 fully saturated rings. The maximum Gasteiger partial charge on any atom is 0.320 e. The third kappa shape index (κ3) is 4.55. The first-order valence-corrected chi connectivity index (χ1v) is 4.63. The summed E-state index contributed by atoms with van der Waals surface area (Å²) in [6.45, 7) is 2.33. The van der Waals surface area contributed by atoms with Crippen LogP contribution in [0.3, 0.4) is 0 Å². The molecule has 0 aliphatic rings. The predicted octanol–water partition coefficient (Wildman–Crippen LogP) is -0.211. The van der Waals surface area contributed by atoms with Gasteiger partial charge in [0.15, 0.2) is 0 Å². The maximum atomic E-state index is 10.8. The van der Waals surface area contributed by atoms with Crippen molar-refractivity contribution in [3.05, 3.63) is 0 Å². The molecular formula is C9H19NO4. The fourth-order valence-corrected chi connectivity index (χ4v) is 1.38. The molecule has 0 radical (unpaired) electrons. The van der Waals surface area contributed by atoms with Gasteiger partial charge in [-0.1, -0.05) is 6.92 Å². The Kier molecular flexibility index (Phi) is 6.44. The van der Waals surface area contributed by atoms with Gasteiger partial charge in [-0.15, -0.1) is 0 Å². The number of carbonyl (C=O) groups is 1. The number of methoxy groups -OCH3 is 1. The van der Waals surface area contributed by atoms with E-state index in [1.54, 1.807) is 18.9 Å². The van der Waals surface area contributed by atoms with E-state index in [2.05, 4.69) is 0 Å². The lowest BCUT2D eigenvalue weighted by Crippen LogP contribution is -2.43. The van der Waals surface area contributed by atoms with Crippen molar-refractivity contribution in [3.63, 3.8) is 0 Å². The van der Waals surface area contributed by atoms with Crippen LogP contribution in [0.5, 0.6) is 0 Å². The van der Waals surface area contributed by atoms with Gasteiger partial charge >= 0.3 is 5.97 Å². The first kappa shape index (κ1) is 13.4. The van der Waals surface area contributed by atoms with Crippen molar-refractivity contribution in [2.24, 2.45) is 0 Å². The van der Waals surface area contributed by atoms with Crippen LogP contribution in [0.1, 0.15) is 13.3 Å². The molecule has 2 N–H and O–H groups in total. The standard InChI is InChI=1S/C9H19NO4/c1-4-8(9(12)13)10(2)5-7(11)6-14-3/h7-8,11H,4-6H2,1-3H3,(H,12,13). The normalized spacial score (nSPS) is 15.5. The van der Waals surface area contributed by atoms with Crippen LogP contribution in [0, 0.1) is 0 Å². The second-order valence-corrected chi connectivity index (χ2v) is 3.31. The Morgan fingerprint density at radius 3 is 2.50 bits per heavy atom. The number of rotatable bonds is 7. The molecule has 0 rings (SSSR count). The van der Waals surface area contributed by atoms with E-state index in [1.165, 1.54) is 7.11 Å². The largest absolute Gasteiger partial charge is 0.480 e. The molecule has 0 aliphatic heterocycles. The van der Waals surface area contributed by atoms with Crippen molar-refractivity contribution in [1.29, 1.82) is 0 Å². The number of nitrogens with zero attached hydrogens (tertiary/aromatic N) is 1. The zero-order chi connectivity index (χ0) is 11.1. The summed E-state index contributed by atoms with van der Waals surface area (Å²) in [6, 6.07) is -0.540. The maximum absolute atomic E-state index is 10.8. The van der Waals surface area contributed by atoms with E-state index in [0.29, 0.717) is 13.0 Å². The summed E-state index contributed by atoms with van der Waals surface area (Å²) in [5.41, 5.74) is 0. The Hall–Kier alpha value is -0.650. The molecule has 14 heavy (non-hydrogen) atoms. The van der Waals surface area contributed by atoms with E-state index in [-0.39, 0.29) is 6.61 Å². The Morgan fingerprint density at radius 1 is 1.57 bits per heavy atom. The molecule has 0 saturated carbocycles. The predicted molar refractivity (Wildman–Crippen MR) is 52.2 cm³/mol. The van der Waals surface area contributed by atoms with E-state index in [4.69, 9.17) is 9.84 Å². The van der Waals surface area contributed by atoms with Crippen LogP contribution in [0.25, 0.3) is 0 Å². The number of carboxylic acid groups (broad SMARTS) is 1. The molecule has 0 aromatic carbocycles. The number of aliphatic hydroxyl groups is 1. The lowest BCUT2D eigenvalue weighted by Gasteiger charge is -2.25. The van der Waals surface area contributed by atoms with Gasteiger partial charge in [0.1, 0.15) is 6.04 Å². The Morgan fingerprint density at radius 2 is 2.14 bits per heavy atom. The van der Waals surface area contributed by atoms with Crippen molar-refractivity contribution < 1.29 is 19.7 Å². The highest BCUT2D eigenvalue weighted by atomic mass is 16.5. The second-order valence-electron chi connectivity index (χ2n) is 3.31. The van der Waals surface area contributed by atoms with Crippen molar-refractivity contribution in [1.82, 2.24) is 4.90 Å². The van der Waals surface area contributed by atoms with Gasteiger partial charge < -0.3 is 14.9 Å². The molecule has 5 heteroatoms. The second kappa shape index (κ2) is 6.75. The van der Waals surface area contributed by atoms with Gasteiger partial charge in [-0.25, -0.2) is 0 Å². The van der Waals surface area contributed by atoms with E-state index in [1.807, 2.05) is 0 Å². The minimum absolute atomic E-state index is 0.223. The van der Waals surface area contributed by atoms with Crippen LogP contribution in [-0.2, 0) is 9.53 Å². The zero-order valence-electron chi connectivity index (χ0n) is 8.93. The topological polar surface area (TPSA) is 70.0 Å². The summed E-state index contributed by atoms with van der Waals surface area (Å²) in [4.78, 5) is 12.4. The molecule has 2 atom stereocenters. The summed E-state index contributed by atoms with van der Waals surface area (Å²) in [5, 5.41) is 18.2. The fourth-order valence-electron chi connectivity index (χ4n) is 1.38. The minimum Gasteiger partial charge on any atom is -0.480 e. The van der Waals surface area contributed by atoms with Gasteiger partial charge in [0.05, 0.1) is 12.7 Å². The van der Waals surface area contributed by atoms with Crippen LogP contribution in [-0.4, -0.2) is 60.5 Å². The van der Waals surface area contributed by atoms with Crippen molar-refractivity contribution in [2.75, 3.05) is 27.3 Å². The first-order chi connectivity index (χ1) is 6.52. The molecule has 84 valence electrons. The van der Waals surface area contributed by atoms with E-state index in [0.717, 1.165) is 0 Å². The third-order valence-corrected chi connectivity index (χ3v) is 2.06. The lowest BCUT2D eigenvalue weighted by molar-refractivity contribution is -0.143. The van der Waals surface area contributed by atoms with E-state index in [9.17, 15) is 9.90 Å². The number of aliphatic hydroxyl groups excluding tert-OH is 1. The monoisotopic (exact) mass is 205 g/mol.